The maximum absolute atomic E-state index is 12.7. The maximum Gasteiger partial charge on any atom is 0.263 e. The fourth-order valence-corrected chi connectivity index (χ4v) is 4.18. The SMILES string of the molecule is Cc1nc(-c2ncccn2)sc1C(=O)NC[C@@H]1CCCO[C@H]1c1cn[nH]c1. The Labute approximate surface area is 160 Å². The first-order valence-electron chi connectivity index (χ1n) is 8.85. The van der Waals surface area contributed by atoms with Gasteiger partial charge in [0, 0.05) is 43.2 Å². The number of carbonyl (C=O) groups is 1. The number of amides is 1. The number of thiazole rings is 1. The fraction of sp³-hybridized carbons (Fsp3) is 0.389. The highest BCUT2D eigenvalue weighted by Gasteiger charge is 2.29. The van der Waals surface area contributed by atoms with Gasteiger partial charge in [-0.25, -0.2) is 15.0 Å². The van der Waals surface area contributed by atoms with Crippen molar-refractivity contribution in [1.82, 2.24) is 30.5 Å². The van der Waals surface area contributed by atoms with Crippen molar-refractivity contribution in [1.29, 1.82) is 0 Å². The number of nitrogens with zero attached hydrogens (tertiary/aromatic N) is 4. The minimum Gasteiger partial charge on any atom is -0.373 e. The average Bonchev–Trinajstić information content (AvgIpc) is 3.37. The molecule has 0 unspecified atom stereocenters. The molecule has 1 saturated heterocycles. The molecular formula is C18H20N6O2S. The van der Waals surface area contributed by atoms with Gasteiger partial charge in [0.15, 0.2) is 10.8 Å². The number of H-pyrrole nitrogens is 1. The summed E-state index contributed by atoms with van der Waals surface area (Å²) in [6.45, 7) is 3.10. The van der Waals surface area contributed by atoms with Crippen LogP contribution in [0.2, 0.25) is 0 Å². The van der Waals surface area contributed by atoms with Crippen LogP contribution in [0.25, 0.3) is 10.8 Å². The van der Waals surface area contributed by atoms with Crippen molar-refractivity contribution in [2.45, 2.75) is 25.9 Å². The smallest absolute Gasteiger partial charge is 0.263 e. The number of carbonyl (C=O) groups excluding carboxylic acids is 1. The molecule has 0 bridgehead atoms. The summed E-state index contributed by atoms with van der Waals surface area (Å²) in [6.07, 6.45) is 8.91. The third-order valence-electron chi connectivity index (χ3n) is 4.58. The molecule has 140 valence electrons. The first kappa shape index (κ1) is 17.7. The summed E-state index contributed by atoms with van der Waals surface area (Å²) in [4.78, 5) is 26.1. The van der Waals surface area contributed by atoms with Crippen LogP contribution in [0.15, 0.2) is 30.9 Å². The molecule has 1 aliphatic rings. The van der Waals surface area contributed by atoms with Crippen molar-refractivity contribution < 1.29 is 9.53 Å². The minimum atomic E-state index is -0.122. The Morgan fingerprint density at radius 1 is 1.41 bits per heavy atom. The van der Waals surface area contributed by atoms with Crippen LogP contribution in [0.3, 0.4) is 0 Å². The lowest BCUT2D eigenvalue weighted by Gasteiger charge is -2.31. The summed E-state index contributed by atoms with van der Waals surface area (Å²) < 4.78 is 5.92. The highest BCUT2D eigenvalue weighted by atomic mass is 32.1. The van der Waals surface area contributed by atoms with E-state index in [2.05, 4.69) is 30.5 Å². The second-order valence-electron chi connectivity index (χ2n) is 6.44. The third-order valence-corrected chi connectivity index (χ3v) is 5.73. The fourth-order valence-electron chi connectivity index (χ4n) is 3.25. The van der Waals surface area contributed by atoms with E-state index in [0.29, 0.717) is 27.9 Å². The van der Waals surface area contributed by atoms with E-state index in [1.807, 2.05) is 13.1 Å². The van der Waals surface area contributed by atoms with E-state index in [-0.39, 0.29) is 17.9 Å². The monoisotopic (exact) mass is 384 g/mol. The third kappa shape index (κ3) is 3.88. The lowest BCUT2D eigenvalue weighted by Crippen LogP contribution is -2.35. The Hall–Kier alpha value is -2.65. The van der Waals surface area contributed by atoms with E-state index >= 15 is 0 Å². The van der Waals surface area contributed by atoms with Gasteiger partial charge in [-0.3, -0.25) is 9.89 Å². The number of rotatable bonds is 5. The predicted octanol–water partition coefficient (Wildman–Crippen LogP) is 2.53. The van der Waals surface area contributed by atoms with E-state index in [9.17, 15) is 4.79 Å². The molecule has 3 aromatic heterocycles. The quantitative estimate of drug-likeness (QED) is 0.700. The zero-order chi connectivity index (χ0) is 18.6. The van der Waals surface area contributed by atoms with Crippen LogP contribution in [-0.2, 0) is 4.74 Å². The van der Waals surface area contributed by atoms with Gasteiger partial charge in [0.25, 0.3) is 5.91 Å². The summed E-state index contributed by atoms with van der Waals surface area (Å²) in [5.74, 6) is 0.625. The molecule has 0 aromatic carbocycles. The number of hydrogen-bond donors (Lipinski definition) is 2. The first-order valence-corrected chi connectivity index (χ1v) is 9.67. The van der Waals surface area contributed by atoms with Crippen LogP contribution in [0.4, 0.5) is 0 Å². The molecule has 27 heavy (non-hydrogen) atoms. The van der Waals surface area contributed by atoms with Crippen molar-refractivity contribution >= 4 is 17.2 Å². The van der Waals surface area contributed by atoms with E-state index in [1.54, 1.807) is 24.7 Å². The topological polar surface area (TPSA) is 106 Å². The molecule has 8 nitrogen and oxygen atoms in total. The molecule has 1 fully saturated rings. The van der Waals surface area contributed by atoms with Crippen LogP contribution >= 0.6 is 11.3 Å². The summed E-state index contributed by atoms with van der Waals surface area (Å²) in [5.41, 5.74) is 1.71. The molecule has 0 radical (unpaired) electrons. The van der Waals surface area contributed by atoms with Gasteiger partial charge in [-0.05, 0) is 25.8 Å². The number of aromatic nitrogens is 5. The van der Waals surface area contributed by atoms with Crippen LogP contribution in [0.5, 0.6) is 0 Å². The Bertz CT molecular complexity index is 896. The summed E-state index contributed by atoms with van der Waals surface area (Å²) >= 11 is 1.31. The molecule has 2 N–H and O–H groups in total. The summed E-state index contributed by atoms with van der Waals surface area (Å²) in [7, 11) is 0. The van der Waals surface area contributed by atoms with Crippen LogP contribution in [-0.4, -0.2) is 44.2 Å². The van der Waals surface area contributed by atoms with Crippen molar-refractivity contribution in [2.24, 2.45) is 5.92 Å². The Morgan fingerprint density at radius 3 is 3.04 bits per heavy atom. The van der Waals surface area contributed by atoms with Crippen molar-refractivity contribution in [3.05, 3.63) is 47.0 Å². The van der Waals surface area contributed by atoms with Gasteiger partial charge in [0.2, 0.25) is 0 Å². The zero-order valence-electron chi connectivity index (χ0n) is 14.9. The normalized spacial score (nSPS) is 19.7. The number of aromatic amines is 1. The molecule has 0 saturated carbocycles. The first-order chi connectivity index (χ1) is 13.2. The van der Waals surface area contributed by atoms with E-state index in [1.165, 1.54) is 11.3 Å². The second kappa shape index (κ2) is 7.93. The molecular weight excluding hydrogens is 364 g/mol. The van der Waals surface area contributed by atoms with Crippen LogP contribution in [0, 0.1) is 12.8 Å². The number of ether oxygens (including phenoxy) is 1. The standard InChI is InChI=1S/C18H20N6O2S/c1-11-15(27-18(24-11)16-19-5-3-6-20-16)17(25)21-8-12-4-2-7-26-14(12)13-9-22-23-10-13/h3,5-6,9-10,12,14H,2,4,7-8H2,1H3,(H,21,25)(H,22,23)/t12-,14+/m0/s1. The van der Waals surface area contributed by atoms with Crippen LogP contribution < -0.4 is 5.32 Å². The molecule has 1 amide bonds. The summed E-state index contributed by atoms with van der Waals surface area (Å²) in [5, 5.41) is 10.5. The molecule has 2 atom stereocenters. The highest BCUT2D eigenvalue weighted by Crippen LogP contribution is 2.33. The lowest BCUT2D eigenvalue weighted by molar-refractivity contribution is -0.0272. The van der Waals surface area contributed by atoms with Crippen molar-refractivity contribution in [2.75, 3.05) is 13.2 Å². The maximum atomic E-state index is 12.7. The van der Waals surface area contributed by atoms with Crippen LogP contribution in [0.1, 0.15) is 39.9 Å². The Kier molecular flexibility index (Phi) is 5.21. The summed E-state index contributed by atoms with van der Waals surface area (Å²) in [6, 6.07) is 1.75. The number of aryl methyl sites for hydroxylation is 1. The molecule has 4 heterocycles. The van der Waals surface area contributed by atoms with Gasteiger partial charge in [-0.1, -0.05) is 0 Å². The number of hydrogen-bond acceptors (Lipinski definition) is 7. The highest BCUT2D eigenvalue weighted by molar-refractivity contribution is 7.17. The molecule has 1 aliphatic heterocycles. The zero-order valence-corrected chi connectivity index (χ0v) is 15.7. The Balaban J connectivity index is 1.44. The molecule has 3 aromatic rings. The largest absolute Gasteiger partial charge is 0.373 e. The van der Waals surface area contributed by atoms with Gasteiger partial charge < -0.3 is 10.1 Å². The van der Waals surface area contributed by atoms with E-state index in [4.69, 9.17) is 4.74 Å². The van der Waals surface area contributed by atoms with Gasteiger partial charge in [-0.2, -0.15) is 5.10 Å². The van der Waals surface area contributed by atoms with Crippen molar-refractivity contribution in [3.63, 3.8) is 0 Å². The molecule has 0 aliphatic carbocycles. The number of nitrogens with one attached hydrogen (secondary N) is 2. The van der Waals surface area contributed by atoms with Gasteiger partial charge >= 0.3 is 0 Å². The molecule has 9 heteroatoms. The Morgan fingerprint density at radius 2 is 2.26 bits per heavy atom. The minimum absolute atomic E-state index is 0.0476. The van der Waals surface area contributed by atoms with Crippen molar-refractivity contribution in [3.8, 4) is 10.8 Å². The molecule has 4 rings (SSSR count). The van der Waals surface area contributed by atoms with Gasteiger partial charge in [-0.15, -0.1) is 11.3 Å². The average molecular weight is 384 g/mol. The second-order valence-corrected chi connectivity index (χ2v) is 7.44. The lowest BCUT2D eigenvalue weighted by atomic mass is 9.91. The van der Waals surface area contributed by atoms with Gasteiger partial charge in [0.05, 0.1) is 18.0 Å². The van der Waals surface area contributed by atoms with E-state index in [0.717, 1.165) is 25.0 Å². The molecule has 0 spiro atoms. The predicted molar refractivity (Wildman–Crippen MR) is 100 cm³/mol. The van der Waals surface area contributed by atoms with E-state index < -0.39 is 0 Å². The van der Waals surface area contributed by atoms with Gasteiger partial charge in [0.1, 0.15) is 4.88 Å².